The van der Waals surface area contributed by atoms with Gasteiger partial charge >= 0.3 is 5.97 Å². The predicted octanol–water partition coefficient (Wildman–Crippen LogP) is 2.86. The van der Waals surface area contributed by atoms with Gasteiger partial charge in [-0.15, -0.1) is 0 Å². The van der Waals surface area contributed by atoms with Crippen molar-refractivity contribution in [1.29, 1.82) is 0 Å². The Hall–Kier alpha value is -1.39. The number of carboxylic acids is 1. The lowest BCUT2D eigenvalue weighted by Crippen LogP contribution is -2.39. The molecular weight excluding hydrogens is 278 g/mol. The van der Waals surface area contributed by atoms with Crippen molar-refractivity contribution in [2.24, 2.45) is 5.92 Å². The van der Waals surface area contributed by atoms with Crippen LogP contribution in [0.3, 0.4) is 0 Å². The molecule has 0 bridgehead atoms. The maximum atomic E-state index is 11.1. The van der Waals surface area contributed by atoms with E-state index in [1.54, 1.807) is 0 Å². The van der Waals surface area contributed by atoms with Crippen molar-refractivity contribution in [3.05, 3.63) is 35.4 Å². The molecule has 2 atom stereocenters. The third-order valence-corrected chi connectivity index (χ3v) is 4.48. The number of aliphatic carboxylic acids is 1. The molecule has 1 aromatic rings. The van der Waals surface area contributed by atoms with Crippen LogP contribution in [0.25, 0.3) is 0 Å². The topological polar surface area (TPSA) is 60.8 Å². The maximum absolute atomic E-state index is 11.1. The van der Waals surface area contributed by atoms with Crippen molar-refractivity contribution in [3.63, 3.8) is 0 Å². The molecule has 0 spiro atoms. The molecule has 4 heteroatoms. The van der Waals surface area contributed by atoms with E-state index in [9.17, 15) is 9.90 Å². The Labute approximate surface area is 132 Å². The van der Waals surface area contributed by atoms with Crippen molar-refractivity contribution in [3.8, 4) is 0 Å². The van der Waals surface area contributed by atoms with Crippen LogP contribution in [0.1, 0.15) is 49.8 Å². The van der Waals surface area contributed by atoms with Gasteiger partial charge in [-0.2, -0.15) is 0 Å². The summed E-state index contributed by atoms with van der Waals surface area (Å²) in [5.74, 6) is -0.948. The molecule has 2 rings (SSSR count). The van der Waals surface area contributed by atoms with E-state index in [4.69, 9.17) is 5.11 Å². The standard InChI is InChI=1S/C18H27NO3/c1-2-4-14-6-8-15(9-7-14)17(20)10-12-19-11-3-5-16(13-19)18(21)22/h6-9,16-17,20H,2-5,10-13H2,1H3,(H,21,22). The number of carboxylic acid groups (broad SMARTS) is 1. The number of piperidine rings is 1. The molecule has 0 amide bonds. The molecule has 2 N–H and O–H groups in total. The van der Waals surface area contributed by atoms with Crippen LogP contribution in [0.2, 0.25) is 0 Å². The van der Waals surface area contributed by atoms with Crippen molar-refractivity contribution in [2.75, 3.05) is 19.6 Å². The minimum atomic E-state index is -0.697. The quantitative estimate of drug-likeness (QED) is 0.813. The highest BCUT2D eigenvalue weighted by atomic mass is 16.4. The lowest BCUT2D eigenvalue weighted by Gasteiger charge is -2.31. The summed E-state index contributed by atoms with van der Waals surface area (Å²) in [6.45, 7) is 4.46. The van der Waals surface area contributed by atoms with Crippen LogP contribution in [0.4, 0.5) is 0 Å². The molecule has 1 aliphatic heterocycles. The molecule has 0 radical (unpaired) electrons. The van der Waals surface area contributed by atoms with E-state index in [0.29, 0.717) is 13.0 Å². The van der Waals surface area contributed by atoms with Gasteiger partial charge in [-0.25, -0.2) is 0 Å². The number of hydrogen-bond donors (Lipinski definition) is 2. The van der Waals surface area contributed by atoms with Crippen molar-refractivity contribution >= 4 is 5.97 Å². The Bertz CT molecular complexity index is 472. The fraction of sp³-hybridized carbons (Fsp3) is 0.611. The van der Waals surface area contributed by atoms with Gasteiger partial charge in [0.25, 0.3) is 0 Å². The minimum absolute atomic E-state index is 0.251. The van der Waals surface area contributed by atoms with Crippen LogP contribution in [0.5, 0.6) is 0 Å². The molecule has 1 fully saturated rings. The molecular formula is C18H27NO3. The summed E-state index contributed by atoms with van der Waals surface area (Å²) in [7, 11) is 0. The van der Waals surface area contributed by atoms with Gasteiger partial charge in [0.05, 0.1) is 12.0 Å². The minimum Gasteiger partial charge on any atom is -0.481 e. The number of rotatable bonds is 7. The zero-order valence-electron chi connectivity index (χ0n) is 13.4. The Kier molecular flexibility index (Phi) is 6.40. The van der Waals surface area contributed by atoms with Crippen molar-refractivity contribution in [1.82, 2.24) is 4.90 Å². The Morgan fingerprint density at radius 3 is 2.73 bits per heavy atom. The van der Waals surface area contributed by atoms with Gasteiger partial charge in [0.15, 0.2) is 0 Å². The molecule has 22 heavy (non-hydrogen) atoms. The number of aryl methyl sites for hydroxylation is 1. The number of likely N-dealkylation sites (tertiary alicyclic amines) is 1. The van der Waals surface area contributed by atoms with E-state index in [2.05, 4.69) is 24.0 Å². The van der Waals surface area contributed by atoms with Crippen LogP contribution in [0, 0.1) is 5.92 Å². The second-order valence-electron chi connectivity index (χ2n) is 6.27. The maximum Gasteiger partial charge on any atom is 0.307 e. The van der Waals surface area contributed by atoms with E-state index in [1.807, 2.05) is 12.1 Å². The van der Waals surface area contributed by atoms with Gasteiger partial charge < -0.3 is 15.1 Å². The van der Waals surface area contributed by atoms with E-state index in [1.165, 1.54) is 5.56 Å². The first-order valence-electron chi connectivity index (χ1n) is 8.32. The molecule has 2 unspecified atom stereocenters. The average molecular weight is 305 g/mol. The van der Waals surface area contributed by atoms with Crippen LogP contribution >= 0.6 is 0 Å². The second-order valence-corrected chi connectivity index (χ2v) is 6.27. The summed E-state index contributed by atoms with van der Waals surface area (Å²) in [4.78, 5) is 13.2. The van der Waals surface area contributed by atoms with Gasteiger partial charge in [0.2, 0.25) is 0 Å². The highest BCUT2D eigenvalue weighted by molar-refractivity contribution is 5.70. The lowest BCUT2D eigenvalue weighted by molar-refractivity contribution is -0.143. The van der Waals surface area contributed by atoms with Crippen LogP contribution in [0.15, 0.2) is 24.3 Å². The van der Waals surface area contributed by atoms with Crippen LogP contribution in [-0.2, 0) is 11.2 Å². The predicted molar refractivity (Wildman–Crippen MR) is 86.8 cm³/mol. The van der Waals surface area contributed by atoms with E-state index < -0.39 is 12.1 Å². The van der Waals surface area contributed by atoms with E-state index in [-0.39, 0.29) is 5.92 Å². The van der Waals surface area contributed by atoms with Crippen molar-refractivity contribution in [2.45, 2.75) is 45.1 Å². The SMILES string of the molecule is CCCc1ccc(C(O)CCN2CCCC(C(=O)O)C2)cc1. The second kappa shape index (κ2) is 8.30. The summed E-state index contributed by atoms with van der Waals surface area (Å²) < 4.78 is 0. The third kappa shape index (κ3) is 4.82. The molecule has 1 heterocycles. The van der Waals surface area contributed by atoms with Gasteiger partial charge in [-0.05, 0) is 43.4 Å². The molecule has 122 valence electrons. The number of aliphatic hydroxyl groups excluding tert-OH is 1. The first kappa shape index (κ1) is 17.0. The summed E-state index contributed by atoms with van der Waals surface area (Å²) in [5.41, 5.74) is 2.26. The lowest BCUT2D eigenvalue weighted by atomic mass is 9.97. The summed E-state index contributed by atoms with van der Waals surface area (Å²) in [5, 5.41) is 19.4. The normalized spacial score (nSPS) is 20.7. The Morgan fingerprint density at radius 2 is 2.09 bits per heavy atom. The molecule has 4 nitrogen and oxygen atoms in total. The molecule has 0 aliphatic carbocycles. The number of aliphatic hydroxyl groups is 1. The average Bonchev–Trinajstić information content (AvgIpc) is 2.54. The van der Waals surface area contributed by atoms with Gasteiger partial charge in [0, 0.05) is 13.1 Å². The summed E-state index contributed by atoms with van der Waals surface area (Å²) in [6.07, 6.45) is 4.08. The molecule has 1 aromatic carbocycles. The van der Waals surface area contributed by atoms with Gasteiger partial charge in [0.1, 0.15) is 0 Å². The van der Waals surface area contributed by atoms with Gasteiger partial charge in [-0.1, -0.05) is 37.6 Å². The fourth-order valence-corrected chi connectivity index (χ4v) is 3.13. The highest BCUT2D eigenvalue weighted by Gasteiger charge is 2.25. The van der Waals surface area contributed by atoms with Crippen LogP contribution in [-0.4, -0.2) is 40.7 Å². The molecule has 1 aliphatic rings. The molecule has 1 saturated heterocycles. The Morgan fingerprint density at radius 1 is 1.36 bits per heavy atom. The monoisotopic (exact) mass is 305 g/mol. The van der Waals surface area contributed by atoms with E-state index >= 15 is 0 Å². The molecule has 0 saturated carbocycles. The zero-order valence-corrected chi connectivity index (χ0v) is 13.4. The zero-order chi connectivity index (χ0) is 15.9. The first-order valence-corrected chi connectivity index (χ1v) is 8.32. The van der Waals surface area contributed by atoms with Crippen molar-refractivity contribution < 1.29 is 15.0 Å². The summed E-state index contributed by atoms with van der Waals surface area (Å²) >= 11 is 0. The van der Waals surface area contributed by atoms with Crippen LogP contribution < -0.4 is 0 Å². The molecule has 0 aromatic heterocycles. The number of benzene rings is 1. The smallest absolute Gasteiger partial charge is 0.307 e. The highest BCUT2D eigenvalue weighted by Crippen LogP contribution is 2.21. The number of nitrogens with zero attached hydrogens (tertiary/aromatic N) is 1. The third-order valence-electron chi connectivity index (χ3n) is 4.48. The van der Waals surface area contributed by atoms with E-state index in [0.717, 1.165) is 44.3 Å². The number of carbonyl (C=O) groups is 1. The first-order chi connectivity index (χ1) is 10.6. The van der Waals surface area contributed by atoms with Gasteiger partial charge in [-0.3, -0.25) is 4.79 Å². The fourth-order valence-electron chi connectivity index (χ4n) is 3.13. The Balaban J connectivity index is 1.81. The largest absolute Gasteiger partial charge is 0.481 e. The summed E-state index contributed by atoms with van der Waals surface area (Å²) in [6, 6.07) is 8.19. The number of hydrogen-bond acceptors (Lipinski definition) is 3.